The van der Waals surface area contributed by atoms with Gasteiger partial charge >= 0.3 is 0 Å². The van der Waals surface area contributed by atoms with Gasteiger partial charge in [0.15, 0.2) is 0 Å². The first-order valence-electron chi connectivity index (χ1n) is 3.77. The van der Waals surface area contributed by atoms with Crippen LogP contribution in [0.5, 0.6) is 0 Å². The average Bonchev–Trinajstić information content (AvgIpc) is 1.86. The monoisotopic (exact) mass is 246 g/mol. The van der Waals surface area contributed by atoms with Gasteiger partial charge in [0, 0.05) is 4.32 Å². The third kappa shape index (κ3) is 2.88. The minimum absolute atomic E-state index is 0. The molecule has 0 aliphatic heterocycles. The molecule has 0 bridgehead atoms. The van der Waals surface area contributed by atoms with Gasteiger partial charge in [-0.05, 0) is 31.9 Å². The molecule has 0 fully saturated rings. The third-order valence-electron chi connectivity index (χ3n) is 1.79. The number of halogens is 1. The first kappa shape index (κ1) is 12.1. The molecule has 0 aliphatic rings. The van der Waals surface area contributed by atoms with Crippen molar-refractivity contribution >= 4 is 25.8 Å². The second-order valence-electron chi connectivity index (χ2n) is 3.29. The quantitative estimate of drug-likeness (QED) is 0.524. The normalized spacial score (nSPS) is 10.7. The molecule has 0 N–H and O–H groups in total. The van der Waals surface area contributed by atoms with Crippen LogP contribution in [-0.2, 0) is 4.32 Å². The van der Waals surface area contributed by atoms with Crippen LogP contribution in [0, 0.1) is 6.92 Å². The van der Waals surface area contributed by atoms with Gasteiger partial charge in [0.25, 0.3) is 0 Å². The molecule has 0 aliphatic carbocycles. The van der Waals surface area contributed by atoms with E-state index in [1.165, 1.54) is 11.1 Å². The summed E-state index contributed by atoms with van der Waals surface area (Å²) in [5.74, 6) is 0. The Bertz CT molecular complexity index is 250. The smallest absolute Gasteiger partial charge is 0.0452 e. The van der Waals surface area contributed by atoms with Crippen LogP contribution in [0.15, 0.2) is 24.3 Å². The Morgan fingerprint density at radius 3 is 2.00 bits per heavy atom. The Labute approximate surface area is 86.5 Å². The molecular formula is C10H16BrP. The minimum Gasteiger partial charge on any atom is -0.153 e. The second kappa shape index (κ2) is 4.39. The first-order valence-corrected chi connectivity index (χ1v) is 4.56. The number of alkyl halides is 1. The summed E-state index contributed by atoms with van der Waals surface area (Å²) < 4.78 is 0.0956. The van der Waals surface area contributed by atoms with Crippen LogP contribution in [0.3, 0.4) is 0 Å². The van der Waals surface area contributed by atoms with Crippen molar-refractivity contribution in [3.8, 4) is 0 Å². The lowest BCUT2D eigenvalue weighted by Crippen LogP contribution is -2.08. The van der Waals surface area contributed by atoms with Crippen LogP contribution in [0.1, 0.15) is 25.0 Å². The highest BCUT2D eigenvalue weighted by Gasteiger charge is 2.16. The summed E-state index contributed by atoms with van der Waals surface area (Å²) in [5, 5.41) is 0. The predicted octanol–water partition coefficient (Wildman–Crippen LogP) is 3.68. The fourth-order valence-corrected chi connectivity index (χ4v) is 1.68. The minimum atomic E-state index is 0. The van der Waals surface area contributed by atoms with Crippen molar-refractivity contribution in [2.45, 2.75) is 25.1 Å². The molecule has 1 rings (SSSR count). The van der Waals surface area contributed by atoms with E-state index in [-0.39, 0.29) is 14.2 Å². The predicted molar refractivity (Wildman–Crippen MR) is 64.2 cm³/mol. The Kier molecular flexibility index (Phi) is 4.44. The lowest BCUT2D eigenvalue weighted by Gasteiger charge is -2.18. The molecule has 0 heterocycles. The van der Waals surface area contributed by atoms with Crippen LogP contribution in [0.2, 0.25) is 0 Å². The number of hydrogen-bond donors (Lipinski definition) is 0. The van der Waals surface area contributed by atoms with Crippen molar-refractivity contribution in [3.63, 3.8) is 0 Å². The summed E-state index contributed by atoms with van der Waals surface area (Å²) in [6, 6.07) is 8.44. The maximum Gasteiger partial charge on any atom is 0.0452 e. The molecule has 0 spiro atoms. The molecule has 68 valence electrons. The van der Waals surface area contributed by atoms with Crippen LogP contribution < -0.4 is 0 Å². The summed E-state index contributed by atoms with van der Waals surface area (Å²) in [5.41, 5.74) is 2.70. The summed E-state index contributed by atoms with van der Waals surface area (Å²) in [4.78, 5) is 0. The summed E-state index contributed by atoms with van der Waals surface area (Å²) >= 11 is 3.64. The van der Waals surface area contributed by atoms with Gasteiger partial charge in [0.2, 0.25) is 0 Å². The summed E-state index contributed by atoms with van der Waals surface area (Å²) in [6.07, 6.45) is 0. The molecule has 2 heteroatoms. The maximum absolute atomic E-state index is 3.64. The van der Waals surface area contributed by atoms with Gasteiger partial charge in [-0.25, -0.2) is 0 Å². The van der Waals surface area contributed by atoms with Gasteiger partial charge < -0.3 is 0 Å². The molecule has 0 radical (unpaired) electrons. The molecule has 1 aromatic rings. The van der Waals surface area contributed by atoms with Gasteiger partial charge in [0.05, 0.1) is 0 Å². The molecule has 0 saturated heterocycles. The number of rotatable bonds is 1. The van der Waals surface area contributed by atoms with E-state index < -0.39 is 0 Å². The van der Waals surface area contributed by atoms with Crippen molar-refractivity contribution in [1.29, 1.82) is 0 Å². The zero-order valence-corrected chi connectivity index (χ0v) is 10.9. The lowest BCUT2D eigenvalue weighted by molar-refractivity contribution is 0.795. The third-order valence-corrected chi connectivity index (χ3v) is 2.21. The molecular weight excluding hydrogens is 231 g/mol. The van der Waals surface area contributed by atoms with Crippen LogP contribution in [0.25, 0.3) is 0 Å². The highest BCUT2D eigenvalue weighted by molar-refractivity contribution is 9.09. The topological polar surface area (TPSA) is 0 Å². The molecule has 0 saturated carbocycles. The SMILES string of the molecule is Cc1ccccc1C(C)(C)Br.P. The Morgan fingerprint density at radius 1 is 1.17 bits per heavy atom. The van der Waals surface area contributed by atoms with Gasteiger partial charge in [-0.2, -0.15) is 9.90 Å². The van der Waals surface area contributed by atoms with Crippen molar-refractivity contribution in [2.24, 2.45) is 0 Å². The molecule has 12 heavy (non-hydrogen) atoms. The van der Waals surface area contributed by atoms with Gasteiger partial charge in [-0.3, -0.25) is 0 Å². The van der Waals surface area contributed by atoms with Gasteiger partial charge in [0.1, 0.15) is 0 Å². The number of benzene rings is 1. The molecule has 0 nitrogen and oxygen atoms in total. The molecule has 0 aromatic heterocycles. The van der Waals surface area contributed by atoms with Crippen LogP contribution >= 0.6 is 25.8 Å². The summed E-state index contributed by atoms with van der Waals surface area (Å²) in [7, 11) is 0. The first-order chi connectivity index (χ1) is 5.02. The van der Waals surface area contributed by atoms with Crippen LogP contribution in [0.4, 0.5) is 0 Å². The van der Waals surface area contributed by atoms with E-state index in [1.54, 1.807) is 0 Å². The van der Waals surface area contributed by atoms with E-state index in [4.69, 9.17) is 0 Å². The fraction of sp³-hybridized carbons (Fsp3) is 0.400. The van der Waals surface area contributed by atoms with Crippen molar-refractivity contribution in [1.82, 2.24) is 0 Å². The highest BCUT2D eigenvalue weighted by Crippen LogP contribution is 2.31. The lowest BCUT2D eigenvalue weighted by atomic mass is 9.98. The molecule has 1 atom stereocenters. The van der Waals surface area contributed by atoms with E-state index in [2.05, 4.69) is 61.0 Å². The molecule has 1 unspecified atom stereocenters. The molecule has 1 aromatic carbocycles. The van der Waals surface area contributed by atoms with Crippen molar-refractivity contribution < 1.29 is 0 Å². The maximum atomic E-state index is 3.64. The number of aryl methyl sites for hydroxylation is 1. The van der Waals surface area contributed by atoms with E-state index in [1.807, 2.05) is 0 Å². The van der Waals surface area contributed by atoms with E-state index in [0.29, 0.717) is 0 Å². The number of hydrogen-bond acceptors (Lipinski definition) is 0. The average molecular weight is 247 g/mol. The van der Waals surface area contributed by atoms with Gasteiger partial charge in [-0.15, -0.1) is 0 Å². The van der Waals surface area contributed by atoms with Crippen molar-refractivity contribution in [2.75, 3.05) is 0 Å². The van der Waals surface area contributed by atoms with E-state index >= 15 is 0 Å². The largest absolute Gasteiger partial charge is 0.153 e. The Balaban J connectivity index is 0.00000121. The Hall–Kier alpha value is 0.130. The zero-order chi connectivity index (χ0) is 8.48. The summed E-state index contributed by atoms with van der Waals surface area (Å²) in [6.45, 7) is 6.46. The molecule has 0 amide bonds. The van der Waals surface area contributed by atoms with E-state index in [0.717, 1.165) is 0 Å². The van der Waals surface area contributed by atoms with Gasteiger partial charge in [-0.1, -0.05) is 40.2 Å². The second-order valence-corrected chi connectivity index (χ2v) is 5.27. The zero-order valence-electron chi connectivity index (χ0n) is 7.89. The highest BCUT2D eigenvalue weighted by atomic mass is 79.9. The van der Waals surface area contributed by atoms with Crippen molar-refractivity contribution in [3.05, 3.63) is 35.4 Å². The van der Waals surface area contributed by atoms with E-state index in [9.17, 15) is 0 Å². The Morgan fingerprint density at radius 2 is 1.67 bits per heavy atom. The standard InChI is InChI=1S/C10H13Br.H3P/c1-8-6-4-5-7-9(8)10(2,3)11;/h4-7H,1-3H3;1H3. The van der Waals surface area contributed by atoms with Crippen LogP contribution in [-0.4, -0.2) is 0 Å². The fourth-order valence-electron chi connectivity index (χ4n) is 1.24.